The van der Waals surface area contributed by atoms with E-state index in [1.165, 1.54) is 44.9 Å². The average Bonchev–Trinajstić information content (AvgIpc) is 3.24. The lowest BCUT2D eigenvalue weighted by molar-refractivity contribution is -0.151. The van der Waals surface area contributed by atoms with Gasteiger partial charge in [-0.2, -0.15) is 0 Å². The van der Waals surface area contributed by atoms with E-state index in [0.717, 1.165) is 30.6 Å². The standard InChI is InChI=1S/C27H42O2/c1-16(2)7-6-8-17(3)19-9-10-20-18-13-24(29)27-14-22(27)23(28)15-26(27,5)21(18)11-12-25(19,20)4/h16-22H,6-15H2,1-5H3/t17-,18+,19-,20+,21+,22+,25-,26-,27+/m1/s1. The second kappa shape index (κ2) is 6.42. The molecule has 0 saturated heterocycles. The molecular weight excluding hydrogens is 356 g/mol. The number of Topliss-reactive ketones (excluding diaryl/α,β-unsaturated/α-hetero) is 2. The van der Waals surface area contributed by atoms with Crippen molar-refractivity contribution in [2.24, 2.45) is 57.7 Å². The van der Waals surface area contributed by atoms with E-state index in [1.807, 2.05) is 0 Å². The zero-order valence-corrected chi connectivity index (χ0v) is 19.4. The summed E-state index contributed by atoms with van der Waals surface area (Å²) in [5, 5.41) is 0. The van der Waals surface area contributed by atoms with Crippen molar-refractivity contribution in [2.45, 2.75) is 98.8 Å². The van der Waals surface area contributed by atoms with Gasteiger partial charge >= 0.3 is 0 Å². The molecule has 29 heavy (non-hydrogen) atoms. The highest BCUT2D eigenvalue weighted by Crippen LogP contribution is 2.79. The number of carbonyl (C=O) groups excluding carboxylic acids is 2. The second-order valence-electron chi connectivity index (χ2n) is 12.8. The van der Waals surface area contributed by atoms with Gasteiger partial charge in [-0.3, -0.25) is 9.59 Å². The number of ketones is 2. The van der Waals surface area contributed by atoms with Crippen molar-refractivity contribution in [1.29, 1.82) is 0 Å². The smallest absolute Gasteiger partial charge is 0.140 e. The van der Waals surface area contributed by atoms with Crippen molar-refractivity contribution < 1.29 is 9.59 Å². The van der Waals surface area contributed by atoms with Crippen LogP contribution in [0.1, 0.15) is 98.8 Å². The van der Waals surface area contributed by atoms with Gasteiger partial charge in [-0.25, -0.2) is 0 Å². The van der Waals surface area contributed by atoms with Gasteiger partial charge < -0.3 is 0 Å². The van der Waals surface area contributed by atoms with Crippen LogP contribution < -0.4 is 0 Å². The fourth-order valence-corrected chi connectivity index (χ4v) is 9.80. The average molecular weight is 399 g/mol. The molecule has 5 saturated carbocycles. The Kier molecular flexibility index (Phi) is 4.49. The Hall–Kier alpha value is -0.660. The van der Waals surface area contributed by atoms with Crippen LogP contribution in [-0.4, -0.2) is 11.6 Å². The Morgan fingerprint density at radius 2 is 1.76 bits per heavy atom. The quantitative estimate of drug-likeness (QED) is 0.532. The predicted molar refractivity (Wildman–Crippen MR) is 116 cm³/mol. The maximum Gasteiger partial charge on any atom is 0.140 e. The maximum absolute atomic E-state index is 13.4. The van der Waals surface area contributed by atoms with Gasteiger partial charge in [0, 0.05) is 24.2 Å². The first-order valence-corrected chi connectivity index (χ1v) is 12.7. The maximum atomic E-state index is 13.4. The topological polar surface area (TPSA) is 34.1 Å². The molecule has 0 heterocycles. The van der Waals surface area contributed by atoms with Crippen LogP contribution in [-0.2, 0) is 9.59 Å². The van der Waals surface area contributed by atoms with E-state index in [-0.39, 0.29) is 16.7 Å². The van der Waals surface area contributed by atoms with Gasteiger partial charge in [0.25, 0.3) is 0 Å². The zero-order valence-electron chi connectivity index (χ0n) is 19.4. The summed E-state index contributed by atoms with van der Waals surface area (Å²) in [5.41, 5.74) is 0.184. The van der Waals surface area contributed by atoms with Crippen molar-refractivity contribution in [1.82, 2.24) is 0 Å². The first kappa shape index (κ1) is 20.3. The molecule has 0 unspecified atom stereocenters. The van der Waals surface area contributed by atoms with E-state index in [4.69, 9.17) is 0 Å². The van der Waals surface area contributed by atoms with Gasteiger partial charge in [0.1, 0.15) is 11.6 Å². The van der Waals surface area contributed by atoms with Gasteiger partial charge in [-0.15, -0.1) is 0 Å². The van der Waals surface area contributed by atoms with Crippen LogP contribution in [0.2, 0.25) is 0 Å². The minimum Gasteiger partial charge on any atom is -0.299 e. The number of fused-ring (bicyclic) bond motifs is 4. The first-order chi connectivity index (χ1) is 13.6. The molecule has 1 spiro atoms. The Labute approximate surface area is 178 Å². The molecule has 0 aromatic carbocycles. The molecule has 0 radical (unpaired) electrons. The van der Waals surface area contributed by atoms with Crippen LogP contribution in [0, 0.1) is 57.7 Å². The largest absolute Gasteiger partial charge is 0.299 e. The molecule has 162 valence electrons. The summed E-state index contributed by atoms with van der Waals surface area (Å²) < 4.78 is 0. The van der Waals surface area contributed by atoms with Crippen LogP contribution in [0.3, 0.4) is 0 Å². The van der Waals surface area contributed by atoms with Crippen molar-refractivity contribution in [3.63, 3.8) is 0 Å². The van der Waals surface area contributed by atoms with Gasteiger partial charge in [-0.05, 0) is 78.4 Å². The molecule has 5 aliphatic carbocycles. The monoisotopic (exact) mass is 398 g/mol. The van der Waals surface area contributed by atoms with Crippen molar-refractivity contribution in [3.05, 3.63) is 0 Å². The number of hydrogen-bond acceptors (Lipinski definition) is 2. The second-order valence-corrected chi connectivity index (χ2v) is 12.8. The van der Waals surface area contributed by atoms with Crippen LogP contribution in [0.15, 0.2) is 0 Å². The van der Waals surface area contributed by atoms with Gasteiger partial charge in [0.2, 0.25) is 0 Å². The number of carbonyl (C=O) groups is 2. The van der Waals surface area contributed by atoms with Gasteiger partial charge in [0.15, 0.2) is 0 Å². The van der Waals surface area contributed by atoms with Crippen LogP contribution in [0.25, 0.3) is 0 Å². The molecule has 0 bridgehead atoms. The minimum atomic E-state index is -0.221. The summed E-state index contributed by atoms with van der Waals surface area (Å²) in [6, 6.07) is 0. The zero-order chi connectivity index (χ0) is 20.8. The molecule has 2 nitrogen and oxygen atoms in total. The fraction of sp³-hybridized carbons (Fsp3) is 0.926. The minimum absolute atomic E-state index is 0.0168. The Morgan fingerprint density at radius 3 is 2.45 bits per heavy atom. The SMILES string of the molecule is CC(C)CCC[C@@H](C)[C@H]1CC[C@H]2[C@@H]3CC(=O)[C@]45C[C@H]4C(=O)C[C@]5(C)[C@H]3CC[C@]12C. The third-order valence-corrected chi connectivity index (χ3v) is 11.3. The van der Waals surface area contributed by atoms with E-state index in [2.05, 4.69) is 34.6 Å². The summed E-state index contributed by atoms with van der Waals surface area (Å²) in [7, 11) is 0. The molecular formula is C27H42O2. The summed E-state index contributed by atoms with van der Waals surface area (Å²) in [6.07, 6.45) is 11.8. The van der Waals surface area contributed by atoms with Crippen molar-refractivity contribution >= 4 is 11.6 Å². The van der Waals surface area contributed by atoms with E-state index < -0.39 is 0 Å². The molecule has 2 heteroatoms. The van der Waals surface area contributed by atoms with Gasteiger partial charge in [0.05, 0.1) is 0 Å². The lowest BCUT2D eigenvalue weighted by Crippen LogP contribution is -2.55. The predicted octanol–water partition coefficient (Wildman–Crippen LogP) is 6.47. The fourth-order valence-electron chi connectivity index (χ4n) is 9.80. The Balaban J connectivity index is 1.36. The summed E-state index contributed by atoms with van der Waals surface area (Å²) in [4.78, 5) is 26.0. The van der Waals surface area contributed by atoms with E-state index in [9.17, 15) is 9.59 Å². The molecule has 0 N–H and O–H groups in total. The number of rotatable bonds is 5. The molecule has 9 atom stereocenters. The lowest BCUT2D eigenvalue weighted by atomic mass is 9.45. The van der Waals surface area contributed by atoms with Crippen LogP contribution in [0.5, 0.6) is 0 Å². The van der Waals surface area contributed by atoms with E-state index >= 15 is 0 Å². The molecule has 0 aromatic heterocycles. The third kappa shape index (κ3) is 2.53. The lowest BCUT2D eigenvalue weighted by Gasteiger charge is -2.58. The van der Waals surface area contributed by atoms with Gasteiger partial charge in [-0.1, -0.05) is 53.9 Å². The van der Waals surface area contributed by atoms with Crippen LogP contribution in [0.4, 0.5) is 0 Å². The molecule has 5 rings (SSSR count). The summed E-state index contributed by atoms with van der Waals surface area (Å²) >= 11 is 0. The first-order valence-electron chi connectivity index (χ1n) is 12.7. The van der Waals surface area contributed by atoms with Crippen LogP contribution >= 0.6 is 0 Å². The molecule has 0 amide bonds. The third-order valence-electron chi connectivity index (χ3n) is 11.3. The normalized spacial score (nSPS) is 51.4. The van der Waals surface area contributed by atoms with Crippen molar-refractivity contribution in [2.75, 3.05) is 0 Å². The molecule has 0 aliphatic heterocycles. The summed E-state index contributed by atoms with van der Waals surface area (Å²) in [5.74, 6) is 5.33. The van der Waals surface area contributed by atoms with Crippen molar-refractivity contribution in [3.8, 4) is 0 Å². The van der Waals surface area contributed by atoms with E-state index in [0.29, 0.717) is 41.2 Å². The Morgan fingerprint density at radius 1 is 1.00 bits per heavy atom. The highest BCUT2D eigenvalue weighted by Gasteiger charge is 2.80. The highest BCUT2D eigenvalue weighted by molar-refractivity contribution is 6.03. The highest BCUT2D eigenvalue weighted by atomic mass is 16.1. The molecule has 0 aromatic rings. The molecule has 5 aliphatic rings. The molecule has 5 fully saturated rings. The van der Waals surface area contributed by atoms with E-state index in [1.54, 1.807) is 0 Å². The number of hydrogen-bond donors (Lipinski definition) is 0. The summed E-state index contributed by atoms with van der Waals surface area (Å²) in [6.45, 7) is 12.1. The Bertz CT molecular complexity index is 724.